The van der Waals surface area contributed by atoms with Gasteiger partial charge in [-0.2, -0.15) is 0 Å². The molecule has 2 rings (SSSR count). The molecular weight excluding hydrogens is 148 g/mol. The van der Waals surface area contributed by atoms with Gasteiger partial charge in [-0.15, -0.1) is 0 Å². The third-order valence-electron chi connectivity index (χ3n) is 2.66. The van der Waals surface area contributed by atoms with Crippen LogP contribution in [0.3, 0.4) is 0 Å². The van der Waals surface area contributed by atoms with Gasteiger partial charge in [-0.3, -0.25) is 0 Å². The fraction of sp³-hybridized carbons (Fsp3) is 0.455. The highest BCUT2D eigenvalue weighted by molar-refractivity contribution is 5.28. The molecule has 2 atom stereocenters. The number of aryl methyl sites for hydroxylation is 1. The Morgan fingerprint density at radius 2 is 2.00 bits per heavy atom. The fourth-order valence-electron chi connectivity index (χ4n) is 1.67. The van der Waals surface area contributed by atoms with Crippen LogP contribution in [0, 0.1) is 12.8 Å². The quantitative estimate of drug-likeness (QED) is 0.706. The van der Waals surface area contributed by atoms with Crippen molar-refractivity contribution in [1.29, 1.82) is 0 Å². The summed E-state index contributed by atoms with van der Waals surface area (Å²) in [4.78, 5) is 0. The van der Waals surface area contributed by atoms with Gasteiger partial charge < -0.3 is 5.11 Å². The van der Waals surface area contributed by atoms with E-state index in [1.165, 1.54) is 17.5 Å². The van der Waals surface area contributed by atoms with Gasteiger partial charge in [-0.25, -0.2) is 0 Å². The van der Waals surface area contributed by atoms with E-state index in [9.17, 15) is 0 Å². The maximum absolute atomic E-state index is 8.89. The largest absolute Gasteiger partial charge is 0.396 e. The Bertz CT molecular complexity index is 263. The molecule has 1 aromatic rings. The number of benzene rings is 1. The molecule has 0 aromatic heterocycles. The van der Waals surface area contributed by atoms with Crippen molar-refractivity contribution in [1.82, 2.24) is 0 Å². The number of hydrogen-bond acceptors (Lipinski definition) is 1. The molecule has 0 amide bonds. The van der Waals surface area contributed by atoms with E-state index in [2.05, 4.69) is 31.2 Å². The van der Waals surface area contributed by atoms with E-state index in [0.29, 0.717) is 18.4 Å². The van der Waals surface area contributed by atoms with Crippen LogP contribution in [-0.4, -0.2) is 11.7 Å². The van der Waals surface area contributed by atoms with Gasteiger partial charge in [-0.1, -0.05) is 29.8 Å². The van der Waals surface area contributed by atoms with Crippen molar-refractivity contribution in [3.05, 3.63) is 35.4 Å². The van der Waals surface area contributed by atoms with E-state index in [0.717, 1.165) is 0 Å². The fourth-order valence-corrected chi connectivity index (χ4v) is 1.67. The van der Waals surface area contributed by atoms with Crippen molar-refractivity contribution in [2.24, 2.45) is 5.92 Å². The highest BCUT2D eigenvalue weighted by atomic mass is 16.3. The molecule has 1 aliphatic rings. The minimum Gasteiger partial charge on any atom is -0.396 e. The van der Waals surface area contributed by atoms with Crippen LogP contribution in [0.2, 0.25) is 0 Å². The summed E-state index contributed by atoms with van der Waals surface area (Å²) in [6.45, 7) is 2.44. The third-order valence-corrected chi connectivity index (χ3v) is 2.66. The number of aliphatic hydroxyl groups excluding tert-OH is 1. The zero-order valence-electron chi connectivity index (χ0n) is 7.33. The Kier molecular flexibility index (Phi) is 1.89. The minimum absolute atomic E-state index is 0.346. The molecule has 0 saturated heterocycles. The van der Waals surface area contributed by atoms with Crippen LogP contribution in [0.15, 0.2) is 24.3 Å². The molecule has 1 saturated carbocycles. The lowest BCUT2D eigenvalue weighted by molar-refractivity contribution is 0.274. The van der Waals surface area contributed by atoms with Crippen molar-refractivity contribution in [3.8, 4) is 0 Å². The summed E-state index contributed by atoms with van der Waals surface area (Å²) in [5.41, 5.74) is 2.69. The van der Waals surface area contributed by atoms with Crippen molar-refractivity contribution in [2.45, 2.75) is 19.3 Å². The first kappa shape index (κ1) is 7.81. The van der Waals surface area contributed by atoms with Gasteiger partial charge in [0.2, 0.25) is 0 Å². The molecule has 1 N–H and O–H groups in total. The number of hydrogen-bond donors (Lipinski definition) is 1. The molecule has 0 heterocycles. The van der Waals surface area contributed by atoms with E-state index in [1.54, 1.807) is 0 Å². The van der Waals surface area contributed by atoms with E-state index >= 15 is 0 Å². The lowest BCUT2D eigenvalue weighted by Gasteiger charge is -1.98. The van der Waals surface area contributed by atoms with Crippen molar-refractivity contribution < 1.29 is 5.11 Å². The standard InChI is InChI=1S/C11H14O/c1-8-2-4-9(5-3-8)11-6-10(11)7-12/h2-5,10-12H,6-7H2,1H3. The predicted molar refractivity (Wildman–Crippen MR) is 49.1 cm³/mol. The minimum atomic E-state index is 0.346. The smallest absolute Gasteiger partial charge is 0.0465 e. The monoisotopic (exact) mass is 162 g/mol. The maximum Gasteiger partial charge on any atom is 0.0465 e. The van der Waals surface area contributed by atoms with E-state index < -0.39 is 0 Å². The molecule has 1 aromatic carbocycles. The molecule has 1 aliphatic carbocycles. The van der Waals surface area contributed by atoms with Crippen molar-refractivity contribution >= 4 is 0 Å². The van der Waals surface area contributed by atoms with Gasteiger partial charge in [0.1, 0.15) is 0 Å². The first-order valence-corrected chi connectivity index (χ1v) is 4.48. The van der Waals surface area contributed by atoms with Crippen LogP contribution in [0.1, 0.15) is 23.5 Å². The van der Waals surface area contributed by atoms with Crippen LogP contribution in [0.4, 0.5) is 0 Å². The molecule has 1 nitrogen and oxygen atoms in total. The van der Waals surface area contributed by atoms with Gasteiger partial charge in [0.25, 0.3) is 0 Å². The number of aliphatic hydroxyl groups is 1. The van der Waals surface area contributed by atoms with E-state index in [4.69, 9.17) is 5.11 Å². The van der Waals surface area contributed by atoms with Gasteiger partial charge in [0.05, 0.1) is 0 Å². The summed E-state index contributed by atoms with van der Waals surface area (Å²) < 4.78 is 0. The molecule has 0 spiro atoms. The predicted octanol–water partition coefficient (Wildman–Crippen LogP) is 2.09. The molecular formula is C11H14O. The Hall–Kier alpha value is -0.820. The van der Waals surface area contributed by atoms with E-state index in [1.807, 2.05) is 0 Å². The second-order valence-electron chi connectivity index (χ2n) is 3.70. The summed E-state index contributed by atoms with van der Waals surface area (Å²) in [7, 11) is 0. The second kappa shape index (κ2) is 2.91. The molecule has 0 aliphatic heterocycles. The summed E-state index contributed by atoms with van der Waals surface area (Å²) in [6.07, 6.45) is 1.17. The average Bonchev–Trinajstić information content (AvgIpc) is 2.85. The van der Waals surface area contributed by atoms with Crippen LogP contribution in [0.5, 0.6) is 0 Å². The Morgan fingerprint density at radius 1 is 1.33 bits per heavy atom. The van der Waals surface area contributed by atoms with Crippen molar-refractivity contribution in [2.75, 3.05) is 6.61 Å². The number of rotatable bonds is 2. The zero-order valence-corrected chi connectivity index (χ0v) is 7.33. The lowest BCUT2D eigenvalue weighted by Crippen LogP contribution is -1.88. The van der Waals surface area contributed by atoms with Crippen LogP contribution < -0.4 is 0 Å². The summed E-state index contributed by atoms with van der Waals surface area (Å²) in [6, 6.07) is 8.63. The molecule has 0 bridgehead atoms. The molecule has 0 radical (unpaired) electrons. The summed E-state index contributed by atoms with van der Waals surface area (Å²) >= 11 is 0. The van der Waals surface area contributed by atoms with Gasteiger partial charge >= 0.3 is 0 Å². The molecule has 2 unspecified atom stereocenters. The molecule has 1 fully saturated rings. The molecule has 1 heteroatoms. The maximum atomic E-state index is 8.89. The first-order valence-electron chi connectivity index (χ1n) is 4.48. The van der Waals surface area contributed by atoms with Gasteiger partial charge in [-0.05, 0) is 30.7 Å². The second-order valence-corrected chi connectivity index (χ2v) is 3.70. The van der Waals surface area contributed by atoms with Gasteiger partial charge in [0, 0.05) is 6.61 Å². The average molecular weight is 162 g/mol. The Morgan fingerprint density at radius 3 is 2.50 bits per heavy atom. The zero-order chi connectivity index (χ0) is 8.55. The molecule has 64 valence electrons. The lowest BCUT2D eigenvalue weighted by atomic mass is 10.1. The topological polar surface area (TPSA) is 20.2 Å². The third kappa shape index (κ3) is 1.37. The SMILES string of the molecule is Cc1ccc(C2CC2CO)cc1. The highest BCUT2D eigenvalue weighted by Gasteiger charge is 2.37. The first-order chi connectivity index (χ1) is 5.81. The summed E-state index contributed by atoms with van der Waals surface area (Å²) in [5, 5.41) is 8.89. The normalized spacial score (nSPS) is 27.2. The Labute approximate surface area is 73.0 Å². The molecule has 12 heavy (non-hydrogen) atoms. The Balaban J connectivity index is 2.10. The summed E-state index contributed by atoms with van der Waals surface area (Å²) in [5.74, 6) is 1.17. The van der Waals surface area contributed by atoms with Crippen LogP contribution >= 0.6 is 0 Å². The highest BCUT2D eigenvalue weighted by Crippen LogP contribution is 2.46. The van der Waals surface area contributed by atoms with Crippen molar-refractivity contribution in [3.63, 3.8) is 0 Å². The van der Waals surface area contributed by atoms with Gasteiger partial charge in [0.15, 0.2) is 0 Å². The van der Waals surface area contributed by atoms with Crippen LogP contribution in [0.25, 0.3) is 0 Å². The van der Waals surface area contributed by atoms with Crippen LogP contribution in [-0.2, 0) is 0 Å². The van der Waals surface area contributed by atoms with E-state index in [-0.39, 0.29) is 0 Å².